The maximum Gasteiger partial charge on any atom is 0.262 e. The predicted molar refractivity (Wildman–Crippen MR) is 57.3 cm³/mol. The maximum atomic E-state index is 11.8. The van der Waals surface area contributed by atoms with E-state index in [0.717, 1.165) is 32.1 Å². The van der Waals surface area contributed by atoms with Gasteiger partial charge in [0, 0.05) is 6.04 Å². The van der Waals surface area contributed by atoms with E-state index >= 15 is 0 Å². The van der Waals surface area contributed by atoms with E-state index in [4.69, 9.17) is 5.73 Å². The second kappa shape index (κ2) is 4.05. The average molecular weight is 226 g/mol. The fourth-order valence-electron chi connectivity index (χ4n) is 1.95. The van der Waals surface area contributed by atoms with Crippen molar-refractivity contribution >= 4 is 11.8 Å². The molecular formula is C11H18N2O3. The Morgan fingerprint density at radius 3 is 2.31 bits per heavy atom. The zero-order chi connectivity index (χ0) is 11.8. The second-order valence-electron chi connectivity index (χ2n) is 4.97. The summed E-state index contributed by atoms with van der Waals surface area (Å²) in [5, 5.41) is 12.7. The number of hydrogen-bond donors (Lipinski definition) is 3. The molecule has 0 saturated heterocycles. The third-order valence-electron chi connectivity index (χ3n) is 3.50. The lowest BCUT2D eigenvalue weighted by molar-refractivity contribution is -0.154. The second-order valence-corrected chi connectivity index (χ2v) is 4.97. The molecule has 0 spiro atoms. The van der Waals surface area contributed by atoms with Crippen LogP contribution in [-0.2, 0) is 9.59 Å². The number of hydrogen-bond acceptors (Lipinski definition) is 3. The minimum Gasteiger partial charge on any atom is -0.372 e. The van der Waals surface area contributed by atoms with Crippen LogP contribution in [0.3, 0.4) is 0 Å². The van der Waals surface area contributed by atoms with Crippen LogP contribution in [0.1, 0.15) is 38.5 Å². The number of aliphatic hydroxyl groups is 1. The van der Waals surface area contributed by atoms with Gasteiger partial charge in [-0.1, -0.05) is 19.3 Å². The molecule has 2 saturated carbocycles. The normalized spacial score (nSPS) is 24.3. The summed E-state index contributed by atoms with van der Waals surface area (Å²) in [4.78, 5) is 23.0. The smallest absolute Gasteiger partial charge is 0.262 e. The van der Waals surface area contributed by atoms with Crippen molar-refractivity contribution in [2.75, 3.05) is 0 Å². The summed E-state index contributed by atoms with van der Waals surface area (Å²) in [6.07, 6.45) is 5.04. The van der Waals surface area contributed by atoms with Gasteiger partial charge in [-0.25, -0.2) is 0 Å². The van der Waals surface area contributed by atoms with Crippen LogP contribution in [0.4, 0.5) is 0 Å². The van der Waals surface area contributed by atoms with Gasteiger partial charge >= 0.3 is 0 Å². The minimum absolute atomic E-state index is 0.125. The molecule has 1 atom stereocenters. The zero-order valence-electron chi connectivity index (χ0n) is 9.24. The van der Waals surface area contributed by atoms with Crippen molar-refractivity contribution in [1.29, 1.82) is 0 Å². The van der Waals surface area contributed by atoms with Crippen LogP contribution in [0.25, 0.3) is 0 Å². The van der Waals surface area contributed by atoms with E-state index in [1.54, 1.807) is 0 Å². The largest absolute Gasteiger partial charge is 0.372 e. The van der Waals surface area contributed by atoms with Gasteiger partial charge in [-0.15, -0.1) is 0 Å². The van der Waals surface area contributed by atoms with E-state index in [-0.39, 0.29) is 18.4 Å². The predicted octanol–water partition coefficient (Wildman–Crippen LogP) is -0.328. The quantitative estimate of drug-likeness (QED) is 0.560. The Labute approximate surface area is 94.4 Å². The number of carbonyl (C=O) groups is 2. The number of rotatable bonds is 5. The van der Waals surface area contributed by atoms with Crippen molar-refractivity contribution in [3.8, 4) is 0 Å². The van der Waals surface area contributed by atoms with Gasteiger partial charge in [0.1, 0.15) is 0 Å². The van der Waals surface area contributed by atoms with E-state index in [1.165, 1.54) is 0 Å². The standard InChI is InChI=1S/C11H18N2O3/c12-9(14)11(16,6-7-2-1-3-7)10(15)13-8-4-5-8/h7-8,16H,1-6H2,(H2,12,14)(H,13,15). The first-order chi connectivity index (χ1) is 7.52. The van der Waals surface area contributed by atoms with E-state index in [2.05, 4.69) is 5.32 Å². The summed E-state index contributed by atoms with van der Waals surface area (Å²) in [6.45, 7) is 0. The molecule has 2 fully saturated rings. The molecule has 0 aromatic carbocycles. The maximum absolute atomic E-state index is 11.8. The molecule has 0 heterocycles. The lowest BCUT2D eigenvalue weighted by Crippen LogP contribution is -2.57. The fraction of sp³-hybridized carbons (Fsp3) is 0.818. The van der Waals surface area contributed by atoms with Crippen molar-refractivity contribution in [1.82, 2.24) is 5.32 Å². The number of nitrogens with one attached hydrogen (secondary N) is 1. The molecule has 2 amide bonds. The molecule has 5 heteroatoms. The Kier molecular flexibility index (Phi) is 2.88. The van der Waals surface area contributed by atoms with Gasteiger partial charge < -0.3 is 16.2 Å². The van der Waals surface area contributed by atoms with E-state index in [1.807, 2.05) is 0 Å². The Balaban J connectivity index is 1.99. The summed E-state index contributed by atoms with van der Waals surface area (Å²) >= 11 is 0. The molecular weight excluding hydrogens is 208 g/mol. The zero-order valence-corrected chi connectivity index (χ0v) is 9.24. The van der Waals surface area contributed by atoms with Crippen LogP contribution in [-0.4, -0.2) is 28.6 Å². The van der Waals surface area contributed by atoms with Crippen LogP contribution in [0.5, 0.6) is 0 Å². The highest BCUT2D eigenvalue weighted by Crippen LogP contribution is 2.34. The third-order valence-corrected chi connectivity index (χ3v) is 3.50. The lowest BCUT2D eigenvalue weighted by atomic mass is 9.76. The van der Waals surface area contributed by atoms with Crippen molar-refractivity contribution in [3.63, 3.8) is 0 Å². The molecule has 0 bridgehead atoms. The van der Waals surface area contributed by atoms with Crippen molar-refractivity contribution in [2.24, 2.45) is 11.7 Å². The van der Waals surface area contributed by atoms with Crippen LogP contribution < -0.4 is 11.1 Å². The molecule has 2 aliphatic rings. The Morgan fingerprint density at radius 1 is 1.31 bits per heavy atom. The number of primary amides is 1. The summed E-state index contributed by atoms with van der Waals surface area (Å²) in [6, 6.07) is 0.125. The van der Waals surface area contributed by atoms with Crippen molar-refractivity contribution < 1.29 is 14.7 Å². The van der Waals surface area contributed by atoms with Gasteiger partial charge in [-0.3, -0.25) is 9.59 Å². The molecule has 0 radical (unpaired) electrons. The van der Waals surface area contributed by atoms with Gasteiger partial charge in [-0.2, -0.15) is 0 Å². The molecule has 2 rings (SSSR count). The Hall–Kier alpha value is -1.10. The highest BCUT2D eigenvalue weighted by atomic mass is 16.3. The number of carbonyl (C=O) groups excluding carboxylic acids is 2. The summed E-state index contributed by atoms with van der Waals surface area (Å²) in [5.41, 5.74) is 3.14. The van der Waals surface area contributed by atoms with Gasteiger partial charge in [0.25, 0.3) is 11.8 Å². The summed E-state index contributed by atoms with van der Waals surface area (Å²) in [5.74, 6) is -1.30. The van der Waals surface area contributed by atoms with Crippen LogP contribution in [0.15, 0.2) is 0 Å². The topological polar surface area (TPSA) is 92.4 Å². The summed E-state index contributed by atoms with van der Waals surface area (Å²) < 4.78 is 0. The SMILES string of the molecule is NC(=O)C(O)(CC1CCC1)C(=O)NC1CC1. The Morgan fingerprint density at radius 2 is 1.94 bits per heavy atom. The van der Waals surface area contributed by atoms with Crippen molar-refractivity contribution in [2.45, 2.75) is 50.2 Å². The molecule has 0 aromatic heterocycles. The number of amides is 2. The Bertz CT molecular complexity index is 310. The van der Waals surface area contributed by atoms with Crippen LogP contribution in [0.2, 0.25) is 0 Å². The molecule has 0 aliphatic heterocycles. The highest BCUT2D eigenvalue weighted by Gasteiger charge is 2.46. The van der Waals surface area contributed by atoms with Gasteiger partial charge in [-0.05, 0) is 25.2 Å². The van der Waals surface area contributed by atoms with Crippen LogP contribution in [0, 0.1) is 5.92 Å². The molecule has 2 aliphatic carbocycles. The minimum atomic E-state index is -2.01. The third kappa shape index (κ3) is 2.19. The molecule has 16 heavy (non-hydrogen) atoms. The molecule has 5 nitrogen and oxygen atoms in total. The van der Waals surface area contributed by atoms with Crippen molar-refractivity contribution in [3.05, 3.63) is 0 Å². The van der Waals surface area contributed by atoms with E-state index < -0.39 is 17.4 Å². The van der Waals surface area contributed by atoms with Gasteiger partial charge in [0.05, 0.1) is 0 Å². The van der Waals surface area contributed by atoms with Crippen LogP contribution >= 0.6 is 0 Å². The van der Waals surface area contributed by atoms with Gasteiger partial charge in [0.15, 0.2) is 0 Å². The lowest BCUT2D eigenvalue weighted by Gasteiger charge is -2.32. The average Bonchev–Trinajstić information content (AvgIpc) is 2.94. The summed E-state index contributed by atoms with van der Waals surface area (Å²) in [7, 11) is 0. The number of nitrogens with two attached hydrogens (primary N) is 1. The first kappa shape index (κ1) is 11.4. The molecule has 90 valence electrons. The first-order valence-corrected chi connectivity index (χ1v) is 5.85. The van der Waals surface area contributed by atoms with E-state index in [9.17, 15) is 14.7 Å². The molecule has 0 aromatic rings. The monoisotopic (exact) mass is 226 g/mol. The first-order valence-electron chi connectivity index (χ1n) is 5.85. The van der Waals surface area contributed by atoms with Gasteiger partial charge in [0.2, 0.25) is 5.60 Å². The van der Waals surface area contributed by atoms with E-state index in [0.29, 0.717) is 0 Å². The molecule has 1 unspecified atom stereocenters. The highest BCUT2D eigenvalue weighted by molar-refractivity contribution is 6.07. The fourth-order valence-corrected chi connectivity index (χ4v) is 1.95. The molecule has 4 N–H and O–H groups in total.